The Morgan fingerprint density at radius 2 is 1.59 bits per heavy atom. The number of fused-ring (bicyclic) bond motifs is 2. The number of hydrogen-bond acceptors (Lipinski definition) is 5. The fourth-order valence-corrected chi connectivity index (χ4v) is 9.66. The van der Waals surface area contributed by atoms with E-state index in [1.165, 1.54) is 16.7 Å². The maximum atomic E-state index is 12.4. The van der Waals surface area contributed by atoms with E-state index in [4.69, 9.17) is 9.47 Å². The number of ether oxygens (including phenoxy) is 2. The summed E-state index contributed by atoms with van der Waals surface area (Å²) < 4.78 is 25.1. The van der Waals surface area contributed by atoms with Gasteiger partial charge in [-0.05, 0) is 113 Å². The highest BCUT2D eigenvalue weighted by molar-refractivity contribution is 7.99. The van der Waals surface area contributed by atoms with Gasteiger partial charge in [0.05, 0.1) is 24.9 Å². The van der Waals surface area contributed by atoms with Gasteiger partial charge in [-0.3, -0.25) is 4.21 Å². The molecule has 248 valence electrons. The average Bonchev–Trinajstić information content (AvgIpc) is 3.01. The van der Waals surface area contributed by atoms with Crippen molar-refractivity contribution < 1.29 is 23.9 Å². The summed E-state index contributed by atoms with van der Waals surface area (Å²) in [6.45, 7) is 12.1. The Labute approximate surface area is 276 Å². The van der Waals surface area contributed by atoms with E-state index in [1.54, 1.807) is 6.26 Å². The van der Waals surface area contributed by atoms with Gasteiger partial charge in [0.2, 0.25) is 0 Å². The molecule has 3 fully saturated rings. The van der Waals surface area contributed by atoms with E-state index in [9.17, 15) is 14.4 Å². The summed E-state index contributed by atoms with van der Waals surface area (Å²) in [7, 11) is -2.25. The SMILES string of the molecule is C=S(C)(=O)c1ccc(C#Cc2ccc([C@H]3C[C@](C)(C(C)O)C(CC)C4CCC5(O)CC6(CCC5=C43)OCC(C)(C)CO6)cc2)cc1. The van der Waals surface area contributed by atoms with E-state index in [-0.39, 0.29) is 16.7 Å². The molecule has 3 aliphatic carbocycles. The van der Waals surface area contributed by atoms with Crippen LogP contribution in [0.5, 0.6) is 0 Å². The number of aliphatic hydroxyl groups excluding tert-OH is 1. The Bertz CT molecular complexity index is 1650. The topological polar surface area (TPSA) is 76.0 Å². The minimum atomic E-state index is -2.25. The van der Waals surface area contributed by atoms with E-state index in [2.05, 4.69) is 69.7 Å². The van der Waals surface area contributed by atoms with E-state index in [0.717, 1.165) is 48.1 Å². The predicted molar refractivity (Wildman–Crippen MR) is 186 cm³/mol. The van der Waals surface area contributed by atoms with Gasteiger partial charge in [-0.2, -0.15) is 0 Å². The molecule has 0 amide bonds. The lowest BCUT2D eigenvalue weighted by Crippen LogP contribution is -2.58. The summed E-state index contributed by atoms with van der Waals surface area (Å²) >= 11 is 0. The van der Waals surface area contributed by atoms with Gasteiger partial charge in [-0.25, -0.2) is 0 Å². The third-order valence-electron chi connectivity index (χ3n) is 11.7. The number of benzene rings is 2. The van der Waals surface area contributed by atoms with Crippen molar-refractivity contribution in [2.24, 2.45) is 22.7 Å². The molecular weight excluding hydrogens is 593 g/mol. The zero-order valence-electron chi connectivity index (χ0n) is 28.5. The monoisotopic (exact) mass is 644 g/mol. The first-order chi connectivity index (χ1) is 21.6. The predicted octanol–water partition coefficient (Wildman–Crippen LogP) is 7.08. The van der Waals surface area contributed by atoms with Crippen LogP contribution in [0.4, 0.5) is 0 Å². The Balaban J connectivity index is 1.34. The molecule has 5 nitrogen and oxygen atoms in total. The Kier molecular flexibility index (Phi) is 8.69. The van der Waals surface area contributed by atoms with Gasteiger partial charge in [0, 0.05) is 46.5 Å². The smallest absolute Gasteiger partial charge is 0.171 e. The van der Waals surface area contributed by atoms with Crippen LogP contribution in [-0.2, 0) is 19.0 Å². The Morgan fingerprint density at radius 1 is 1.00 bits per heavy atom. The molecule has 2 N–H and O–H groups in total. The maximum absolute atomic E-state index is 12.4. The maximum Gasteiger partial charge on any atom is 0.171 e. The number of rotatable bonds is 4. The zero-order chi connectivity index (χ0) is 33.1. The lowest BCUT2D eigenvalue weighted by molar-refractivity contribution is -0.322. The van der Waals surface area contributed by atoms with Gasteiger partial charge in [0.25, 0.3) is 0 Å². The number of hydrogen-bond donors (Lipinski definition) is 2. The molecule has 6 rings (SSSR count). The first kappa shape index (κ1) is 33.5. The van der Waals surface area contributed by atoms with Crippen molar-refractivity contribution in [2.45, 2.75) is 108 Å². The van der Waals surface area contributed by atoms with Crippen molar-refractivity contribution in [1.29, 1.82) is 0 Å². The Hall–Kier alpha value is -2.40. The fourth-order valence-electron chi connectivity index (χ4n) is 8.94. The molecule has 0 radical (unpaired) electrons. The molecule has 2 aromatic rings. The van der Waals surface area contributed by atoms with E-state index >= 15 is 0 Å². The van der Waals surface area contributed by atoms with Gasteiger partial charge in [-0.15, -0.1) is 0 Å². The van der Waals surface area contributed by atoms with Gasteiger partial charge < -0.3 is 19.7 Å². The molecule has 1 saturated heterocycles. The summed E-state index contributed by atoms with van der Waals surface area (Å²) in [5.41, 5.74) is 4.41. The van der Waals surface area contributed by atoms with Crippen LogP contribution >= 0.6 is 0 Å². The van der Waals surface area contributed by atoms with Crippen molar-refractivity contribution in [3.63, 3.8) is 0 Å². The van der Waals surface area contributed by atoms with E-state index < -0.39 is 27.0 Å². The van der Waals surface area contributed by atoms with Gasteiger partial charge >= 0.3 is 0 Å². The van der Waals surface area contributed by atoms with Crippen LogP contribution < -0.4 is 0 Å². The number of allylic oxidation sites excluding steroid dienone is 1. The first-order valence-electron chi connectivity index (χ1n) is 17.0. The van der Waals surface area contributed by atoms with Crippen molar-refractivity contribution in [1.82, 2.24) is 0 Å². The molecule has 5 unspecified atom stereocenters. The molecule has 4 aliphatic rings. The molecular formula is C40H52O5S. The zero-order valence-corrected chi connectivity index (χ0v) is 29.3. The second-order valence-corrected chi connectivity index (χ2v) is 18.3. The molecule has 7 atom stereocenters. The third-order valence-corrected chi connectivity index (χ3v) is 13.0. The lowest BCUT2D eigenvalue weighted by atomic mass is 9.49. The second-order valence-electron chi connectivity index (χ2n) is 15.8. The first-order valence-corrected chi connectivity index (χ1v) is 19.2. The van der Waals surface area contributed by atoms with Crippen LogP contribution in [0, 0.1) is 34.5 Å². The molecule has 0 aromatic heterocycles. The van der Waals surface area contributed by atoms with Crippen LogP contribution in [0.15, 0.2) is 64.6 Å². The average molecular weight is 645 g/mol. The fraction of sp³-hybridized carbons (Fsp3) is 0.575. The van der Waals surface area contributed by atoms with Gasteiger partial charge in [-0.1, -0.05) is 63.7 Å². The van der Waals surface area contributed by atoms with Crippen LogP contribution in [0.2, 0.25) is 0 Å². The third kappa shape index (κ3) is 6.15. The van der Waals surface area contributed by atoms with Crippen molar-refractivity contribution >= 4 is 15.4 Å². The molecule has 2 saturated carbocycles. The van der Waals surface area contributed by atoms with Crippen LogP contribution in [-0.4, -0.2) is 57.3 Å². The molecule has 46 heavy (non-hydrogen) atoms. The Morgan fingerprint density at radius 3 is 2.13 bits per heavy atom. The van der Waals surface area contributed by atoms with Gasteiger partial charge in [0.1, 0.15) is 0 Å². The minimum absolute atomic E-state index is 0.0208. The number of aliphatic hydroxyl groups is 2. The molecule has 0 bridgehead atoms. The van der Waals surface area contributed by atoms with Crippen LogP contribution in [0.25, 0.3) is 0 Å². The van der Waals surface area contributed by atoms with Crippen molar-refractivity contribution in [3.05, 3.63) is 76.4 Å². The summed E-state index contributed by atoms with van der Waals surface area (Å²) in [5.74, 6) is 10.3. The second kappa shape index (κ2) is 11.9. The summed E-state index contributed by atoms with van der Waals surface area (Å²) in [6.07, 6.45) is 6.66. The summed E-state index contributed by atoms with van der Waals surface area (Å²) in [6, 6.07) is 16.0. The van der Waals surface area contributed by atoms with Crippen LogP contribution in [0.3, 0.4) is 0 Å². The highest BCUT2D eigenvalue weighted by Crippen LogP contribution is 2.63. The standard InChI is InChI=1S/C40H52O5S/c1-8-34-32-19-21-39(42)24-40(44-25-37(3,4)26-45-40)22-20-35(39)36(32)33(23-38(34,5)27(2)41)30-15-11-28(12-16-30)9-10-29-13-17-31(18-14-29)46(6,7)43/h11-18,27,32-34,41-42H,6,8,19-26H2,1-5,7H3/t27?,32?,33-,34?,38-,39?,46?/m1/s1. The summed E-state index contributed by atoms with van der Waals surface area (Å²) in [5, 5.41) is 23.7. The largest absolute Gasteiger partial charge is 0.393 e. The van der Waals surface area contributed by atoms with Crippen molar-refractivity contribution in [3.8, 4) is 11.8 Å². The van der Waals surface area contributed by atoms with E-state index in [1.807, 2.05) is 31.2 Å². The highest BCUT2D eigenvalue weighted by atomic mass is 32.2. The lowest BCUT2D eigenvalue weighted by Gasteiger charge is -2.58. The minimum Gasteiger partial charge on any atom is -0.393 e. The van der Waals surface area contributed by atoms with E-state index in [0.29, 0.717) is 37.9 Å². The molecule has 6 heteroatoms. The molecule has 1 spiro atoms. The quantitative estimate of drug-likeness (QED) is 0.211. The normalized spacial score (nSPS) is 33.6. The molecule has 1 heterocycles. The molecule has 2 aromatic carbocycles. The molecule has 1 aliphatic heterocycles. The van der Waals surface area contributed by atoms with Gasteiger partial charge in [0.15, 0.2) is 5.79 Å². The highest BCUT2D eigenvalue weighted by Gasteiger charge is 2.58. The van der Waals surface area contributed by atoms with Crippen molar-refractivity contribution in [2.75, 3.05) is 19.5 Å². The van der Waals surface area contributed by atoms with Crippen LogP contribution in [0.1, 0.15) is 102 Å². The summed E-state index contributed by atoms with van der Waals surface area (Å²) in [4.78, 5) is 0.726.